The van der Waals surface area contributed by atoms with E-state index in [0.29, 0.717) is 6.54 Å². The zero-order valence-corrected chi connectivity index (χ0v) is 14.3. The molecule has 1 aromatic carbocycles. The van der Waals surface area contributed by atoms with Crippen LogP contribution in [0.4, 0.5) is 10.1 Å². The van der Waals surface area contributed by atoms with E-state index in [2.05, 4.69) is 11.0 Å². The fourth-order valence-corrected chi connectivity index (χ4v) is 5.13. The van der Waals surface area contributed by atoms with Crippen LogP contribution in [0, 0.1) is 0 Å². The summed E-state index contributed by atoms with van der Waals surface area (Å²) >= 11 is 0. The maximum absolute atomic E-state index is 12.4. The van der Waals surface area contributed by atoms with Crippen molar-refractivity contribution in [3.63, 3.8) is 0 Å². The Morgan fingerprint density at radius 2 is 1.87 bits per heavy atom. The molecule has 2 aliphatic heterocycles. The van der Waals surface area contributed by atoms with Gasteiger partial charge in [-0.1, -0.05) is 12.1 Å². The molecule has 1 saturated heterocycles. The highest BCUT2D eigenvalue weighted by molar-refractivity contribution is 7.92. The molecular weight excluding hydrogens is 315 g/mol. The number of halogens is 1. The van der Waals surface area contributed by atoms with Crippen molar-refractivity contribution in [3.8, 4) is 0 Å². The van der Waals surface area contributed by atoms with Crippen molar-refractivity contribution in [1.29, 1.82) is 0 Å². The van der Waals surface area contributed by atoms with Crippen LogP contribution in [0.2, 0.25) is 0 Å². The van der Waals surface area contributed by atoms with Crippen LogP contribution >= 0.6 is 0 Å². The molecule has 23 heavy (non-hydrogen) atoms. The quantitative estimate of drug-likeness (QED) is 0.799. The zero-order chi connectivity index (χ0) is 16.3. The number of sulfonamides is 1. The van der Waals surface area contributed by atoms with Gasteiger partial charge in [0.2, 0.25) is 10.0 Å². The summed E-state index contributed by atoms with van der Waals surface area (Å²) in [6.07, 6.45) is 4.35. The van der Waals surface area contributed by atoms with Gasteiger partial charge in [-0.05, 0) is 62.4 Å². The van der Waals surface area contributed by atoms with Crippen molar-refractivity contribution in [1.82, 2.24) is 4.90 Å². The first-order valence-corrected chi connectivity index (χ1v) is 10.1. The molecular formula is C17H25FN2O2S. The average molecular weight is 340 g/mol. The van der Waals surface area contributed by atoms with Gasteiger partial charge < -0.3 is 0 Å². The Balaban J connectivity index is 1.79. The van der Waals surface area contributed by atoms with Crippen LogP contribution < -0.4 is 4.31 Å². The van der Waals surface area contributed by atoms with Crippen LogP contribution in [0.1, 0.15) is 36.8 Å². The molecule has 1 fully saturated rings. The van der Waals surface area contributed by atoms with Crippen molar-refractivity contribution < 1.29 is 12.8 Å². The van der Waals surface area contributed by atoms with Crippen molar-refractivity contribution in [2.75, 3.05) is 36.4 Å². The van der Waals surface area contributed by atoms with Gasteiger partial charge in [0.05, 0.1) is 18.1 Å². The summed E-state index contributed by atoms with van der Waals surface area (Å²) in [5.41, 5.74) is 3.16. The Bertz CT molecular complexity index is 642. The molecule has 0 atom stereocenters. The maximum atomic E-state index is 12.4. The Morgan fingerprint density at radius 3 is 2.61 bits per heavy atom. The smallest absolute Gasteiger partial charge is 0.235 e. The first-order valence-electron chi connectivity index (χ1n) is 8.51. The molecule has 0 saturated carbocycles. The molecule has 0 N–H and O–H groups in total. The van der Waals surface area contributed by atoms with E-state index >= 15 is 0 Å². The number of aryl methyl sites for hydroxylation is 1. The molecule has 0 aromatic heterocycles. The number of alkyl halides is 1. The molecule has 6 heteroatoms. The van der Waals surface area contributed by atoms with Crippen molar-refractivity contribution in [2.24, 2.45) is 0 Å². The van der Waals surface area contributed by atoms with E-state index in [1.807, 2.05) is 12.1 Å². The second-order valence-corrected chi connectivity index (χ2v) is 8.49. The van der Waals surface area contributed by atoms with Crippen LogP contribution in [-0.4, -0.2) is 45.4 Å². The number of hydrogen-bond donors (Lipinski definition) is 0. The van der Waals surface area contributed by atoms with Crippen LogP contribution in [0.15, 0.2) is 18.2 Å². The largest absolute Gasteiger partial charge is 0.299 e. The van der Waals surface area contributed by atoms with E-state index in [9.17, 15) is 12.8 Å². The molecule has 3 rings (SSSR count). The summed E-state index contributed by atoms with van der Waals surface area (Å²) < 4.78 is 38.7. The van der Waals surface area contributed by atoms with E-state index in [1.165, 1.54) is 22.7 Å². The number of rotatable bonds is 6. The van der Waals surface area contributed by atoms with Gasteiger partial charge in [-0.3, -0.25) is 13.6 Å². The Kier molecular flexibility index (Phi) is 5.21. The summed E-state index contributed by atoms with van der Waals surface area (Å²) in [7, 11) is -3.41. The standard InChI is InChI=1S/C17H25FN2O2S/c18-8-4-12-23(21,22)20-11-3-5-16-13-15(6-7-17(16)20)14-19-9-1-2-10-19/h6-7,13H,1-5,8-12,14H2. The Morgan fingerprint density at radius 1 is 1.09 bits per heavy atom. The predicted octanol–water partition coefficient (Wildman–Crippen LogP) is 2.72. The molecule has 128 valence electrons. The molecule has 0 spiro atoms. The lowest BCUT2D eigenvalue weighted by Crippen LogP contribution is -2.37. The minimum absolute atomic E-state index is 0.0706. The molecule has 2 heterocycles. The molecule has 0 unspecified atom stereocenters. The summed E-state index contributed by atoms with van der Waals surface area (Å²) in [5, 5.41) is 0. The third-order valence-corrected chi connectivity index (χ3v) is 6.55. The lowest BCUT2D eigenvalue weighted by atomic mass is 10.0. The van der Waals surface area contributed by atoms with Gasteiger partial charge in [0, 0.05) is 13.1 Å². The monoisotopic (exact) mass is 340 g/mol. The third kappa shape index (κ3) is 3.86. The van der Waals surface area contributed by atoms with E-state index in [-0.39, 0.29) is 12.2 Å². The second kappa shape index (κ2) is 7.18. The molecule has 0 amide bonds. The van der Waals surface area contributed by atoms with Crippen LogP contribution in [0.25, 0.3) is 0 Å². The number of fused-ring (bicyclic) bond motifs is 1. The fourth-order valence-electron chi connectivity index (χ4n) is 3.55. The molecule has 2 aliphatic rings. The number of likely N-dealkylation sites (tertiary alicyclic amines) is 1. The predicted molar refractivity (Wildman–Crippen MR) is 91.0 cm³/mol. The van der Waals surface area contributed by atoms with Crippen LogP contribution in [0.3, 0.4) is 0 Å². The third-order valence-electron chi connectivity index (χ3n) is 4.70. The first kappa shape index (κ1) is 16.7. The lowest BCUT2D eigenvalue weighted by Gasteiger charge is -2.31. The number of nitrogens with zero attached hydrogens (tertiary/aromatic N) is 2. The van der Waals surface area contributed by atoms with Crippen molar-refractivity contribution >= 4 is 15.7 Å². The highest BCUT2D eigenvalue weighted by atomic mass is 32.2. The zero-order valence-electron chi connectivity index (χ0n) is 13.5. The second-order valence-electron chi connectivity index (χ2n) is 6.48. The topological polar surface area (TPSA) is 40.6 Å². The Hall–Kier alpha value is -1.14. The minimum Gasteiger partial charge on any atom is -0.299 e. The average Bonchev–Trinajstić information content (AvgIpc) is 3.05. The lowest BCUT2D eigenvalue weighted by molar-refractivity contribution is 0.331. The number of benzene rings is 1. The number of hydrogen-bond acceptors (Lipinski definition) is 3. The normalized spacial score (nSPS) is 19.1. The summed E-state index contributed by atoms with van der Waals surface area (Å²) in [6.45, 7) is 3.17. The SMILES string of the molecule is O=S(=O)(CCCF)N1CCCc2cc(CN3CCCC3)ccc21. The number of anilines is 1. The highest BCUT2D eigenvalue weighted by Gasteiger charge is 2.27. The van der Waals surface area contributed by atoms with Crippen molar-refractivity contribution in [2.45, 2.75) is 38.6 Å². The molecule has 1 aromatic rings. The molecule has 0 radical (unpaired) electrons. The van der Waals surface area contributed by atoms with E-state index in [0.717, 1.165) is 43.7 Å². The van der Waals surface area contributed by atoms with E-state index in [1.54, 1.807) is 0 Å². The van der Waals surface area contributed by atoms with Crippen molar-refractivity contribution in [3.05, 3.63) is 29.3 Å². The van der Waals surface area contributed by atoms with Gasteiger partial charge in [-0.25, -0.2) is 8.42 Å². The maximum Gasteiger partial charge on any atom is 0.235 e. The van der Waals surface area contributed by atoms with Gasteiger partial charge in [0.15, 0.2) is 0 Å². The molecule has 0 bridgehead atoms. The van der Waals surface area contributed by atoms with Gasteiger partial charge in [0.25, 0.3) is 0 Å². The molecule has 0 aliphatic carbocycles. The summed E-state index contributed by atoms with van der Waals surface area (Å²) in [6, 6.07) is 6.14. The van der Waals surface area contributed by atoms with Gasteiger partial charge in [-0.2, -0.15) is 0 Å². The van der Waals surface area contributed by atoms with E-state index < -0.39 is 16.7 Å². The van der Waals surface area contributed by atoms with Crippen LogP contribution in [0.5, 0.6) is 0 Å². The summed E-state index contributed by atoms with van der Waals surface area (Å²) in [5.74, 6) is -0.113. The Labute approximate surface area is 138 Å². The van der Waals surface area contributed by atoms with Crippen LogP contribution in [-0.2, 0) is 23.0 Å². The fraction of sp³-hybridized carbons (Fsp3) is 0.647. The van der Waals surface area contributed by atoms with Gasteiger partial charge >= 0.3 is 0 Å². The molecule has 4 nitrogen and oxygen atoms in total. The highest BCUT2D eigenvalue weighted by Crippen LogP contribution is 2.31. The summed E-state index contributed by atoms with van der Waals surface area (Å²) in [4.78, 5) is 2.44. The van der Waals surface area contributed by atoms with Gasteiger partial charge in [-0.15, -0.1) is 0 Å². The minimum atomic E-state index is -3.41. The van der Waals surface area contributed by atoms with E-state index in [4.69, 9.17) is 0 Å². The van der Waals surface area contributed by atoms with Gasteiger partial charge in [0.1, 0.15) is 0 Å². The first-order chi connectivity index (χ1) is 11.1.